The number of nitrogens with two attached hydrogens (primary N) is 1. The largest absolute Gasteiger partial charge is 0.416 e. The summed E-state index contributed by atoms with van der Waals surface area (Å²) in [5.41, 5.74) is 2.14. The molecule has 0 spiro atoms. The van der Waals surface area contributed by atoms with Gasteiger partial charge in [0.1, 0.15) is 12.7 Å². The highest BCUT2D eigenvalue weighted by atomic mass is 19.4. The lowest BCUT2D eigenvalue weighted by Crippen LogP contribution is -2.35. The monoisotopic (exact) mass is 305 g/mol. The van der Waals surface area contributed by atoms with Gasteiger partial charge in [-0.1, -0.05) is 0 Å². The minimum Gasteiger partial charge on any atom is -0.382 e. The molecular formula is C8H10F3N9O. The summed E-state index contributed by atoms with van der Waals surface area (Å²) in [5, 5.41) is 14.9. The zero-order valence-corrected chi connectivity index (χ0v) is 10.3. The summed E-state index contributed by atoms with van der Waals surface area (Å²) < 4.78 is 37.8. The molecule has 0 saturated carbocycles. The van der Waals surface area contributed by atoms with E-state index in [1.165, 1.54) is 12.7 Å². The second-order valence-electron chi connectivity index (χ2n) is 3.71. The molecule has 10 nitrogen and oxygen atoms in total. The summed E-state index contributed by atoms with van der Waals surface area (Å²) in [6.45, 7) is -0.825. The zero-order valence-electron chi connectivity index (χ0n) is 10.3. The Bertz CT molecular complexity index is 587. The maximum atomic E-state index is 12.2. The Labute approximate surface area is 115 Å². The first-order chi connectivity index (χ1) is 9.90. The molecule has 0 aromatic carbocycles. The average Bonchev–Trinajstić information content (AvgIpc) is 2.97. The molecule has 1 atom stereocenters. The van der Waals surface area contributed by atoms with Crippen LogP contribution in [0.5, 0.6) is 0 Å². The number of nitrogens with zero attached hydrogens (tertiary/aromatic N) is 6. The Hall–Kier alpha value is -2.54. The number of hydrogen-bond acceptors (Lipinski definition) is 9. The molecule has 0 bridgehead atoms. The maximum absolute atomic E-state index is 12.2. The van der Waals surface area contributed by atoms with Crippen LogP contribution in [0.3, 0.4) is 0 Å². The van der Waals surface area contributed by atoms with Gasteiger partial charge < -0.3 is 10.4 Å². The number of hydrazine groups is 1. The van der Waals surface area contributed by atoms with Crippen LogP contribution in [0.2, 0.25) is 0 Å². The van der Waals surface area contributed by atoms with Crippen molar-refractivity contribution in [2.45, 2.75) is 12.3 Å². The first-order valence-corrected chi connectivity index (χ1v) is 5.46. The number of nitrogens with one attached hydrogen (secondary N) is 2. The molecule has 5 N–H and O–H groups in total. The van der Waals surface area contributed by atoms with Crippen molar-refractivity contribution in [3.63, 3.8) is 0 Å². The number of aliphatic hydroxyl groups is 1. The Morgan fingerprint density at radius 2 is 2.00 bits per heavy atom. The molecule has 2 rings (SSSR count). The molecule has 0 saturated heterocycles. The van der Waals surface area contributed by atoms with Crippen LogP contribution in [0, 0.1) is 0 Å². The molecule has 0 aliphatic rings. The molecule has 0 aliphatic heterocycles. The van der Waals surface area contributed by atoms with Crippen LogP contribution in [0.25, 0.3) is 5.95 Å². The van der Waals surface area contributed by atoms with Gasteiger partial charge in [-0.25, -0.2) is 10.8 Å². The van der Waals surface area contributed by atoms with Crippen LogP contribution in [0.15, 0.2) is 12.7 Å². The molecule has 0 amide bonds. The Balaban J connectivity index is 2.18. The minimum absolute atomic E-state index is 0.0144. The third-order valence-electron chi connectivity index (χ3n) is 2.21. The quantitative estimate of drug-likeness (QED) is 0.407. The highest BCUT2D eigenvalue weighted by Gasteiger charge is 2.38. The van der Waals surface area contributed by atoms with Crippen molar-refractivity contribution in [1.82, 2.24) is 29.7 Å². The fourth-order valence-electron chi connectivity index (χ4n) is 1.23. The van der Waals surface area contributed by atoms with Crippen molar-refractivity contribution in [3.05, 3.63) is 12.7 Å². The minimum atomic E-state index is -4.75. The summed E-state index contributed by atoms with van der Waals surface area (Å²) in [4.78, 5) is 15.1. The lowest BCUT2D eigenvalue weighted by Gasteiger charge is -2.15. The topological polar surface area (TPSA) is 140 Å². The van der Waals surface area contributed by atoms with E-state index in [0.717, 1.165) is 4.68 Å². The number of rotatable bonds is 5. The first kappa shape index (κ1) is 14.9. The average molecular weight is 305 g/mol. The van der Waals surface area contributed by atoms with E-state index in [2.05, 4.69) is 35.8 Å². The van der Waals surface area contributed by atoms with E-state index in [-0.39, 0.29) is 17.8 Å². The van der Waals surface area contributed by atoms with Crippen molar-refractivity contribution >= 4 is 11.9 Å². The normalized spacial score (nSPS) is 13.0. The van der Waals surface area contributed by atoms with E-state index in [1.807, 2.05) is 0 Å². The number of aliphatic hydroxyl groups excluding tert-OH is 1. The predicted octanol–water partition coefficient (Wildman–Crippen LogP) is -0.927. The standard InChI is InChI=1S/C8H10F3N9O/c9-8(10,11)4(21)1-14-5-16-6(19-12)18-7(17-5)20-3-13-2-15-20/h2-4,21H,1,12H2,(H2,14,16,17,18,19). The molecule has 13 heteroatoms. The van der Waals surface area contributed by atoms with Gasteiger partial charge >= 0.3 is 6.18 Å². The van der Waals surface area contributed by atoms with Gasteiger partial charge in [-0.15, -0.1) is 0 Å². The predicted molar refractivity (Wildman–Crippen MR) is 63.1 cm³/mol. The van der Waals surface area contributed by atoms with Crippen LogP contribution < -0.4 is 16.6 Å². The van der Waals surface area contributed by atoms with Crippen LogP contribution in [0.4, 0.5) is 25.1 Å². The van der Waals surface area contributed by atoms with Gasteiger partial charge in [0.2, 0.25) is 11.9 Å². The van der Waals surface area contributed by atoms with E-state index in [0.29, 0.717) is 0 Å². The fourth-order valence-corrected chi connectivity index (χ4v) is 1.23. The van der Waals surface area contributed by atoms with Gasteiger partial charge in [0, 0.05) is 0 Å². The van der Waals surface area contributed by atoms with Crippen LogP contribution in [0.1, 0.15) is 0 Å². The van der Waals surface area contributed by atoms with Gasteiger partial charge in [0.25, 0.3) is 5.95 Å². The lowest BCUT2D eigenvalue weighted by molar-refractivity contribution is -0.198. The van der Waals surface area contributed by atoms with E-state index < -0.39 is 18.8 Å². The maximum Gasteiger partial charge on any atom is 0.416 e. The summed E-state index contributed by atoms with van der Waals surface area (Å²) in [6, 6.07) is 0. The van der Waals surface area contributed by atoms with Crippen LogP contribution in [-0.4, -0.2) is 53.6 Å². The second-order valence-corrected chi connectivity index (χ2v) is 3.71. The van der Waals surface area contributed by atoms with E-state index in [9.17, 15) is 13.2 Å². The number of nitrogen functional groups attached to an aromatic ring is 1. The molecule has 114 valence electrons. The number of anilines is 2. The van der Waals surface area contributed by atoms with E-state index >= 15 is 0 Å². The fraction of sp³-hybridized carbons (Fsp3) is 0.375. The van der Waals surface area contributed by atoms with Gasteiger partial charge in [0.15, 0.2) is 6.10 Å². The second kappa shape index (κ2) is 5.84. The summed E-state index contributed by atoms with van der Waals surface area (Å²) >= 11 is 0. The van der Waals surface area contributed by atoms with E-state index in [1.54, 1.807) is 0 Å². The lowest BCUT2D eigenvalue weighted by atomic mass is 10.3. The molecule has 2 heterocycles. The van der Waals surface area contributed by atoms with Gasteiger partial charge in [-0.2, -0.15) is 37.9 Å². The number of aromatic nitrogens is 6. The van der Waals surface area contributed by atoms with Gasteiger partial charge in [0.05, 0.1) is 6.54 Å². The molecule has 0 aliphatic carbocycles. The summed E-state index contributed by atoms with van der Waals surface area (Å²) in [6.07, 6.45) is -4.80. The van der Waals surface area contributed by atoms with Gasteiger partial charge in [-0.05, 0) is 0 Å². The van der Waals surface area contributed by atoms with Crippen molar-refractivity contribution in [2.24, 2.45) is 5.84 Å². The summed E-state index contributed by atoms with van der Waals surface area (Å²) in [5.74, 6) is 4.83. The third kappa shape index (κ3) is 3.73. The molecular weight excluding hydrogens is 295 g/mol. The van der Waals surface area contributed by atoms with Crippen LogP contribution in [-0.2, 0) is 0 Å². The third-order valence-corrected chi connectivity index (χ3v) is 2.21. The van der Waals surface area contributed by atoms with E-state index in [4.69, 9.17) is 10.9 Å². The van der Waals surface area contributed by atoms with Crippen molar-refractivity contribution in [3.8, 4) is 5.95 Å². The molecule has 2 aromatic heterocycles. The Morgan fingerprint density at radius 3 is 2.57 bits per heavy atom. The smallest absolute Gasteiger partial charge is 0.382 e. The molecule has 1 unspecified atom stereocenters. The van der Waals surface area contributed by atoms with Crippen LogP contribution >= 0.6 is 0 Å². The number of hydrogen-bond donors (Lipinski definition) is 4. The number of halogens is 3. The first-order valence-electron chi connectivity index (χ1n) is 5.46. The Morgan fingerprint density at radius 1 is 1.29 bits per heavy atom. The highest BCUT2D eigenvalue weighted by Crippen LogP contribution is 2.20. The van der Waals surface area contributed by atoms with Crippen molar-refractivity contribution in [1.29, 1.82) is 0 Å². The molecule has 0 radical (unpaired) electrons. The highest BCUT2D eigenvalue weighted by molar-refractivity contribution is 5.36. The van der Waals surface area contributed by atoms with Crippen molar-refractivity contribution in [2.75, 3.05) is 17.3 Å². The number of alkyl halides is 3. The summed E-state index contributed by atoms with van der Waals surface area (Å²) in [7, 11) is 0. The SMILES string of the molecule is NNc1nc(NCC(O)C(F)(F)F)nc(-n2cncn2)n1. The molecule has 2 aromatic rings. The molecule has 21 heavy (non-hydrogen) atoms. The molecule has 0 fully saturated rings. The van der Waals surface area contributed by atoms with Crippen molar-refractivity contribution < 1.29 is 18.3 Å². The Kier molecular flexibility index (Phi) is 4.13. The van der Waals surface area contributed by atoms with Gasteiger partial charge in [-0.3, -0.25) is 5.43 Å². The zero-order chi connectivity index (χ0) is 15.5.